The number of piperidine rings is 1. The van der Waals surface area contributed by atoms with E-state index in [-0.39, 0.29) is 11.9 Å². The number of likely N-dealkylation sites (tertiary alicyclic amines) is 1. The molecule has 5 heteroatoms. The molecule has 0 aliphatic carbocycles. The van der Waals surface area contributed by atoms with Crippen molar-refractivity contribution in [3.05, 3.63) is 66.0 Å². The first-order valence-electron chi connectivity index (χ1n) is 8.86. The standard InChI is InChI=1S/C20H26N4O/c1-15-13-24(14-17-9-5-6-11-22-17)12-10-18(15)23-20(25)19(21)16-7-3-2-4-8-16/h2-9,11,15,18-19H,10,12-14,21H2,1H3,(H,23,25)/t15-,18-,19+/m1/s1. The van der Waals surface area contributed by atoms with Crippen molar-refractivity contribution in [1.82, 2.24) is 15.2 Å². The van der Waals surface area contributed by atoms with Crippen LogP contribution in [0, 0.1) is 5.92 Å². The minimum atomic E-state index is -0.611. The molecule has 3 rings (SSSR count). The number of benzene rings is 1. The molecule has 0 spiro atoms. The van der Waals surface area contributed by atoms with Crippen LogP contribution in [0.25, 0.3) is 0 Å². The van der Waals surface area contributed by atoms with E-state index < -0.39 is 6.04 Å². The number of rotatable bonds is 5. The molecule has 0 unspecified atom stereocenters. The lowest BCUT2D eigenvalue weighted by molar-refractivity contribution is -0.124. The zero-order chi connectivity index (χ0) is 17.6. The SMILES string of the molecule is C[C@@H]1CN(Cc2ccccn2)CC[C@H]1NC(=O)[C@@H](N)c1ccccc1. The van der Waals surface area contributed by atoms with Crippen molar-refractivity contribution in [2.24, 2.45) is 11.7 Å². The summed E-state index contributed by atoms with van der Waals surface area (Å²) >= 11 is 0. The Bertz CT molecular complexity index is 677. The van der Waals surface area contributed by atoms with Crippen molar-refractivity contribution in [2.75, 3.05) is 13.1 Å². The van der Waals surface area contributed by atoms with Crippen molar-refractivity contribution in [1.29, 1.82) is 0 Å². The molecule has 1 aliphatic heterocycles. The maximum atomic E-state index is 12.5. The van der Waals surface area contributed by atoms with Crippen molar-refractivity contribution in [2.45, 2.75) is 32.0 Å². The van der Waals surface area contributed by atoms with E-state index in [0.29, 0.717) is 5.92 Å². The van der Waals surface area contributed by atoms with Gasteiger partial charge in [-0.2, -0.15) is 0 Å². The molecule has 3 atom stereocenters. The van der Waals surface area contributed by atoms with Crippen molar-refractivity contribution in [3.8, 4) is 0 Å². The summed E-state index contributed by atoms with van der Waals surface area (Å²) in [6.45, 7) is 4.94. The Labute approximate surface area is 149 Å². The highest BCUT2D eigenvalue weighted by Crippen LogP contribution is 2.19. The van der Waals surface area contributed by atoms with Gasteiger partial charge in [-0.15, -0.1) is 0 Å². The lowest BCUT2D eigenvalue weighted by atomic mass is 9.93. The fourth-order valence-corrected chi connectivity index (χ4v) is 3.40. The largest absolute Gasteiger partial charge is 0.351 e. The third-order valence-corrected chi connectivity index (χ3v) is 4.87. The summed E-state index contributed by atoms with van der Waals surface area (Å²) in [7, 11) is 0. The van der Waals surface area contributed by atoms with Crippen LogP contribution in [0.4, 0.5) is 0 Å². The number of carbonyl (C=O) groups excluding carboxylic acids is 1. The van der Waals surface area contributed by atoms with E-state index in [4.69, 9.17) is 5.73 Å². The molecule has 1 aromatic carbocycles. The van der Waals surface area contributed by atoms with Gasteiger partial charge in [-0.3, -0.25) is 14.7 Å². The molecule has 1 aromatic heterocycles. The van der Waals surface area contributed by atoms with Crippen molar-refractivity contribution < 1.29 is 4.79 Å². The molecule has 1 aliphatic rings. The van der Waals surface area contributed by atoms with Crippen LogP contribution in [0.2, 0.25) is 0 Å². The zero-order valence-electron chi connectivity index (χ0n) is 14.6. The van der Waals surface area contributed by atoms with Gasteiger partial charge in [0.15, 0.2) is 0 Å². The summed E-state index contributed by atoms with van der Waals surface area (Å²) in [5.74, 6) is 0.283. The van der Waals surface area contributed by atoms with Gasteiger partial charge >= 0.3 is 0 Å². The minimum Gasteiger partial charge on any atom is -0.351 e. The minimum absolute atomic E-state index is 0.0961. The second-order valence-corrected chi connectivity index (χ2v) is 6.83. The van der Waals surface area contributed by atoms with Crippen LogP contribution in [0.3, 0.4) is 0 Å². The lowest BCUT2D eigenvalue weighted by Gasteiger charge is -2.37. The molecule has 0 bridgehead atoms. The maximum Gasteiger partial charge on any atom is 0.241 e. The molecule has 2 aromatic rings. The smallest absolute Gasteiger partial charge is 0.241 e. The first-order valence-corrected chi connectivity index (χ1v) is 8.86. The third-order valence-electron chi connectivity index (χ3n) is 4.87. The molecule has 1 amide bonds. The highest BCUT2D eigenvalue weighted by atomic mass is 16.2. The van der Waals surface area contributed by atoms with Crippen molar-refractivity contribution >= 4 is 5.91 Å². The topological polar surface area (TPSA) is 71.2 Å². The highest BCUT2D eigenvalue weighted by molar-refractivity contribution is 5.83. The van der Waals surface area contributed by atoms with Gasteiger partial charge in [-0.1, -0.05) is 43.3 Å². The Hall–Kier alpha value is -2.24. The summed E-state index contributed by atoms with van der Waals surface area (Å²) in [6, 6.07) is 15.1. The van der Waals surface area contributed by atoms with Gasteiger partial charge < -0.3 is 11.1 Å². The number of carbonyl (C=O) groups is 1. The van der Waals surface area contributed by atoms with Gasteiger partial charge in [0.05, 0.1) is 5.69 Å². The van der Waals surface area contributed by atoms with E-state index in [0.717, 1.165) is 37.3 Å². The van der Waals surface area contributed by atoms with E-state index >= 15 is 0 Å². The van der Waals surface area contributed by atoms with Crippen LogP contribution in [0.5, 0.6) is 0 Å². The van der Waals surface area contributed by atoms with Gasteiger partial charge in [0.1, 0.15) is 6.04 Å². The van der Waals surface area contributed by atoms with Gasteiger partial charge in [0, 0.05) is 31.9 Å². The van der Waals surface area contributed by atoms with Gasteiger partial charge in [0.2, 0.25) is 5.91 Å². The zero-order valence-corrected chi connectivity index (χ0v) is 14.6. The molecule has 1 fully saturated rings. The summed E-state index contributed by atoms with van der Waals surface area (Å²) in [4.78, 5) is 19.3. The average Bonchev–Trinajstić information content (AvgIpc) is 2.65. The summed E-state index contributed by atoms with van der Waals surface area (Å²) < 4.78 is 0. The van der Waals surface area contributed by atoms with E-state index in [1.54, 1.807) is 0 Å². The van der Waals surface area contributed by atoms with Crippen LogP contribution in [0.15, 0.2) is 54.7 Å². The Balaban J connectivity index is 1.52. The van der Waals surface area contributed by atoms with Crippen LogP contribution in [-0.4, -0.2) is 34.9 Å². The number of hydrogen-bond acceptors (Lipinski definition) is 4. The lowest BCUT2D eigenvalue weighted by Crippen LogP contribution is -2.51. The van der Waals surface area contributed by atoms with Gasteiger partial charge in [0.25, 0.3) is 0 Å². The monoisotopic (exact) mass is 338 g/mol. The van der Waals surface area contributed by atoms with E-state index in [2.05, 4.69) is 28.2 Å². The Morgan fingerprint density at radius 2 is 2.04 bits per heavy atom. The average molecular weight is 338 g/mol. The quantitative estimate of drug-likeness (QED) is 0.876. The fraction of sp³-hybridized carbons (Fsp3) is 0.400. The Morgan fingerprint density at radius 1 is 1.28 bits per heavy atom. The van der Waals surface area contributed by atoms with Gasteiger partial charge in [-0.05, 0) is 30.0 Å². The van der Waals surface area contributed by atoms with Gasteiger partial charge in [-0.25, -0.2) is 0 Å². The predicted octanol–water partition coefficient (Wildman–Crippen LogP) is 2.11. The summed E-state index contributed by atoms with van der Waals surface area (Å²) in [5, 5.41) is 3.15. The number of hydrogen-bond donors (Lipinski definition) is 2. The van der Waals surface area contributed by atoms with E-state index in [1.165, 1.54) is 0 Å². The molecule has 1 saturated heterocycles. The first kappa shape index (κ1) is 17.6. The summed E-state index contributed by atoms with van der Waals surface area (Å²) in [5.41, 5.74) is 8.03. The van der Waals surface area contributed by atoms with Crippen molar-refractivity contribution in [3.63, 3.8) is 0 Å². The fourth-order valence-electron chi connectivity index (χ4n) is 3.40. The molecule has 0 radical (unpaired) electrons. The van der Waals surface area contributed by atoms with E-state index in [9.17, 15) is 4.79 Å². The number of nitrogens with one attached hydrogen (secondary N) is 1. The maximum absolute atomic E-state index is 12.5. The second kappa shape index (κ2) is 8.23. The number of amides is 1. The first-order chi connectivity index (χ1) is 12.1. The van der Waals surface area contributed by atoms with Crippen LogP contribution in [-0.2, 0) is 11.3 Å². The van der Waals surface area contributed by atoms with Crippen LogP contribution in [0.1, 0.15) is 30.6 Å². The Morgan fingerprint density at radius 3 is 2.72 bits per heavy atom. The Kier molecular flexibility index (Phi) is 5.79. The predicted molar refractivity (Wildman–Crippen MR) is 98.6 cm³/mol. The normalized spacial score (nSPS) is 22.3. The molecule has 2 heterocycles. The number of aromatic nitrogens is 1. The number of nitrogens with two attached hydrogens (primary N) is 1. The second-order valence-electron chi connectivity index (χ2n) is 6.83. The highest BCUT2D eigenvalue weighted by Gasteiger charge is 2.29. The molecule has 3 N–H and O–H groups in total. The number of nitrogens with zero attached hydrogens (tertiary/aromatic N) is 2. The molecular formula is C20H26N4O. The van der Waals surface area contributed by atoms with E-state index in [1.807, 2.05) is 48.7 Å². The number of pyridine rings is 1. The molecule has 0 saturated carbocycles. The van der Waals surface area contributed by atoms with Crippen LogP contribution >= 0.6 is 0 Å². The molecule has 25 heavy (non-hydrogen) atoms. The molecule has 5 nitrogen and oxygen atoms in total. The third kappa shape index (κ3) is 4.65. The molecular weight excluding hydrogens is 312 g/mol. The molecule has 132 valence electrons. The summed E-state index contributed by atoms with van der Waals surface area (Å²) in [6.07, 6.45) is 2.76. The van der Waals surface area contributed by atoms with Crippen LogP contribution < -0.4 is 11.1 Å².